The predicted molar refractivity (Wildman–Crippen MR) is 116 cm³/mol. The number of amides is 2. The fourth-order valence-electron chi connectivity index (χ4n) is 4.38. The number of hydrogen-bond acceptors (Lipinski definition) is 5. The van der Waals surface area contributed by atoms with Crippen LogP contribution in [0.4, 0.5) is 4.79 Å². The predicted octanol–water partition coefficient (Wildman–Crippen LogP) is 2.52. The first kappa shape index (κ1) is 21.8. The zero-order valence-electron chi connectivity index (χ0n) is 17.7. The molecule has 1 heterocycles. The summed E-state index contributed by atoms with van der Waals surface area (Å²) < 4.78 is 10.6. The summed E-state index contributed by atoms with van der Waals surface area (Å²) in [5.74, 6) is -1.80. The lowest BCUT2D eigenvalue weighted by Crippen LogP contribution is -2.47. The highest BCUT2D eigenvalue weighted by Gasteiger charge is 2.34. The first-order valence-corrected chi connectivity index (χ1v) is 10.7. The molecule has 2 unspecified atom stereocenters. The Morgan fingerprint density at radius 2 is 1.72 bits per heavy atom. The minimum Gasteiger partial charge on any atom is -0.479 e. The van der Waals surface area contributed by atoms with Crippen LogP contribution in [0.1, 0.15) is 30.4 Å². The van der Waals surface area contributed by atoms with E-state index in [1.807, 2.05) is 36.4 Å². The first-order valence-electron chi connectivity index (χ1n) is 10.7. The smallest absolute Gasteiger partial charge is 0.407 e. The number of benzene rings is 2. The number of carbonyl (C=O) groups excluding carboxylic acids is 2. The van der Waals surface area contributed by atoms with Gasteiger partial charge in [-0.1, -0.05) is 48.5 Å². The number of ether oxygens (including phenoxy) is 2. The van der Waals surface area contributed by atoms with Crippen LogP contribution in [0.15, 0.2) is 48.5 Å². The number of alkyl carbamates (subject to hydrolysis) is 1. The molecule has 0 saturated carbocycles. The lowest BCUT2D eigenvalue weighted by atomic mass is 9.98. The van der Waals surface area contributed by atoms with Gasteiger partial charge in [-0.05, 0) is 35.6 Å². The molecule has 1 aliphatic carbocycles. The average Bonchev–Trinajstić information content (AvgIpc) is 3.39. The normalized spacial score (nSPS) is 20.2. The summed E-state index contributed by atoms with van der Waals surface area (Å²) in [7, 11) is 0. The average molecular weight is 438 g/mol. The molecule has 1 aliphatic heterocycles. The molecule has 0 spiro atoms. The molecule has 3 atom stereocenters. The lowest BCUT2D eigenvalue weighted by Gasteiger charge is -2.19. The van der Waals surface area contributed by atoms with Gasteiger partial charge in [0.05, 0.1) is 0 Å². The molecule has 0 radical (unpaired) electrons. The second kappa shape index (κ2) is 9.40. The second-order valence-corrected chi connectivity index (χ2v) is 8.12. The SMILES string of the molecule is C[C@H](NC(=O)OCC1c2ccccc2-c2ccccc21)C(=O)NCC1CCOC1C(=O)O. The third kappa shape index (κ3) is 4.45. The van der Waals surface area contributed by atoms with Crippen LogP contribution in [0.2, 0.25) is 0 Å². The molecule has 4 rings (SSSR count). The van der Waals surface area contributed by atoms with Crippen molar-refractivity contribution in [2.24, 2.45) is 5.92 Å². The van der Waals surface area contributed by atoms with Crippen molar-refractivity contribution in [2.75, 3.05) is 19.8 Å². The molecule has 1 fully saturated rings. The van der Waals surface area contributed by atoms with Crippen molar-refractivity contribution in [1.29, 1.82) is 0 Å². The monoisotopic (exact) mass is 438 g/mol. The Morgan fingerprint density at radius 3 is 2.34 bits per heavy atom. The molecule has 168 valence electrons. The van der Waals surface area contributed by atoms with Gasteiger partial charge in [-0.25, -0.2) is 9.59 Å². The number of carboxylic acid groups (broad SMARTS) is 1. The van der Waals surface area contributed by atoms with E-state index in [9.17, 15) is 14.4 Å². The van der Waals surface area contributed by atoms with Gasteiger partial charge in [0.15, 0.2) is 6.10 Å². The molecule has 2 aliphatic rings. The van der Waals surface area contributed by atoms with E-state index in [1.165, 1.54) is 0 Å². The molecule has 0 aromatic heterocycles. The van der Waals surface area contributed by atoms with Gasteiger partial charge in [0.25, 0.3) is 0 Å². The van der Waals surface area contributed by atoms with E-state index in [0.717, 1.165) is 22.3 Å². The fraction of sp³-hybridized carbons (Fsp3) is 0.375. The minimum atomic E-state index is -1.04. The van der Waals surface area contributed by atoms with Crippen molar-refractivity contribution in [3.63, 3.8) is 0 Å². The maximum atomic E-state index is 12.3. The van der Waals surface area contributed by atoms with Crippen molar-refractivity contribution in [3.8, 4) is 11.1 Å². The van der Waals surface area contributed by atoms with Gasteiger partial charge in [0.1, 0.15) is 12.6 Å². The maximum absolute atomic E-state index is 12.3. The van der Waals surface area contributed by atoms with Crippen molar-refractivity contribution < 1.29 is 29.0 Å². The second-order valence-electron chi connectivity index (χ2n) is 8.12. The van der Waals surface area contributed by atoms with E-state index < -0.39 is 30.1 Å². The van der Waals surface area contributed by atoms with Gasteiger partial charge < -0.3 is 25.2 Å². The number of rotatable bonds is 7. The molecule has 2 amide bonds. The lowest BCUT2D eigenvalue weighted by molar-refractivity contribution is -0.149. The number of aliphatic carboxylic acids is 1. The highest BCUT2D eigenvalue weighted by atomic mass is 16.5. The van der Waals surface area contributed by atoms with E-state index in [1.54, 1.807) is 6.92 Å². The molecule has 8 heteroatoms. The number of carboxylic acids is 1. The summed E-state index contributed by atoms with van der Waals surface area (Å²) in [6.45, 7) is 2.24. The van der Waals surface area contributed by atoms with Crippen molar-refractivity contribution in [3.05, 3.63) is 59.7 Å². The number of nitrogens with one attached hydrogen (secondary N) is 2. The van der Waals surface area contributed by atoms with Gasteiger partial charge in [0, 0.05) is 25.0 Å². The number of hydrogen-bond donors (Lipinski definition) is 3. The molecular weight excluding hydrogens is 412 g/mol. The van der Waals surface area contributed by atoms with Gasteiger partial charge in [-0.3, -0.25) is 4.79 Å². The Morgan fingerprint density at radius 1 is 1.09 bits per heavy atom. The summed E-state index contributed by atoms with van der Waals surface area (Å²) in [6, 6.07) is 15.3. The van der Waals surface area contributed by atoms with Crippen LogP contribution in [-0.2, 0) is 19.1 Å². The van der Waals surface area contributed by atoms with E-state index in [2.05, 4.69) is 22.8 Å². The number of fused-ring (bicyclic) bond motifs is 3. The largest absolute Gasteiger partial charge is 0.479 e. The zero-order valence-corrected chi connectivity index (χ0v) is 17.7. The third-order valence-corrected chi connectivity index (χ3v) is 6.07. The molecule has 2 aromatic rings. The zero-order chi connectivity index (χ0) is 22.7. The third-order valence-electron chi connectivity index (χ3n) is 6.07. The minimum absolute atomic E-state index is 0.0624. The highest BCUT2D eigenvalue weighted by Crippen LogP contribution is 2.44. The molecule has 1 saturated heterocycles. The van der Waals surface area contributed by atoms with E-state index in [-0.39, 0.29) is 25.0 Å². The van der Waals surface area contributed by atoms with Crippen LogP contribution < -0.4 is 10.6 Å². The van der Waals surface area contributed by atoms with Crippen LogP contribution in [-0.4, -0.2) is 55.0 Å². The summed E-state index contributed by atoms with van der Waals surface area (Å²) in [5, 5.41) is 14.4. The summed E-state index contributed by atoms with van der Waals surface area (Å²) in [6.07, 6.45) is -1.03. The molecule has 0 bridgehead atoms. The summed E-state index contributed by atoms with van der Waals surface area (Å²) >= 11 is 0. The Bertz CT molecular complexity index is 978. The van der Waals surface area contributed by atoms with Crippen LogP contribution >= 0.6 is 0 Å². The Hall–Kier alpha value is -3.39. The molecule has 3 N–H and O–H groups in total. The molecule has 8 nitrogen and oxygen atoms in total. The van der Waals surface area contributed by atoms with Crippen molar-refractivity contribution in [2.45, 2.75) is 31.4 Å². The fourth-order valence-corrected chi connectivity index (χ4v) is 4.38. The Kier molecular flexibility index (Phi) is 6.41. The van der Waals surface area contributed by atoms with Gasteiger partial charge in [0.2, 0.25) is 5.91 Å². The Labute approximate surface area is 185 Å². The summed E-state index contributed by atoms with van der Waals surface area (Å²) in [4.78, 5) is 35.8. The van der Waals surface area contributed by atoms with Crippen molar-refractivity contribution in [1.82, 2.24) is 10.6 Å². The van der Waals surface area contributed by atoms with Crippen LogP contribution in [0.3, 0.4) is 0 Å². The van der Waals surface area contributed by atoms with Gasteiger partial charge >= 0.3 is 12.1 Å². The maximum Gasteiger partial charge on any atom is 0.407 e. The standard InChI is InChI=1S/C24H26N2O6/c1-14(22(27)25-12-15-10-11-31-21(15)23(28)29)26-24(30)32-13-20-18-8-4-2-6-16(18)17-7-3-5-9-19(17)20/h2-9,14-15,20-21H,10-13H2,1H3,(H,25,27)(H,26,30)(H,28,29)/t14-,15?,21?/m0/s1. The van der Waals surface area contributed by atoms with E-state index in [4.69, 9.17) is 14.6 Å². The van der Waals surface area contributed by atoms with Crippen LogP contribution in [0.5, 0.6) is 0 Å². The molecule has 2 aromatic carbocycles. The van der Waals surface area contributed by atoms with Crippen LogP contribution in [0.25, 0.3) is 11.1 Å². The first-order chi connectivity index (χ1) is 15.5. The van der Waals surface area contributed by atoms with Crippen molar-refractivity contribution >= 4 is 18.0 Å². The number of carbonyl (C=O) groups is 3. The summed E-state index contributed by atoms with van der Waals surface area (Å²) in [5.41, 5.74) is 4.50. The van der Waals surface area contributed by atoms with Crippen LogP contribution in [0, 0.1) is 5.92 Å². The van der Waals surface area contributed by atoms with E-state index in [0.29, 0.717) is 13.0 Å². The topological polar surface area (TPSA) is 114 Å². The molecule has 32 heavy (non-hydrogen) atoms. The van der Waals surface area contributed by atoms with Gasteiger partial charge in [-0.15, -0.1) is 0 Å². The van der Waals surface area contributed by atoms with E-state index >= 15 is 0 Å². The van der Waals surface area contributed by atoms with Gasteiger partial charge in [-0.2, -0.15) is 0 Å². The quantitative estimate of drug-likeness (QED) is 0.612. The Balaban J connectivity index is 1.29. The highest BCUT2D eigenvalue weighted by molar-refractivity contribution is 5.85. The molecular formula is C24H26N2O6.